The SMILES string of the molecule is CC(CN(C)c1ccccc1F)C(=O)c1ccccc1F. The first-order valence-corrected chi connectivity index (χ1v) is 6.75. The number of benzene rings is 2. The Hall–Kier alpha value is -2.23. The quantitative estimate of drug-likeness (QED) is 0.778. The second kappa shape index (κ2) is 6.48. The molecule has 2 nitrogen and oxygen atoms in total. The van der Waals surface area contributed by atoms with E-state index < -0.39 is 11.7 Å². The van der Waals surface area contributed by atoms with Crippen molar-refractivity contribution in [2.45, 2.75) is 6.92 Å². The van der Waals surface area contributed by atoms with Crippen LogP contribution in [0.25, 0.3) is 0 Å². The predicted molar refractivity (Wildman–Crippen MR) is 79.6 cm³/mol. The first-order chi connectivity index (χ1) is 10.0. The number of nitrogens with zero attached hydrogens (tertiary/aromatic N) is 1. The van der Waals surface area contributed by atoms with Crippen LogP contribution in [-0.2, 0) is 0 Å². The Bertz CT molecular complexity index is 642. The lowest BCUT2D eigenvalue weighted by Gasteiger charge is -2.23. The van der Waals surface area contributed by atoms with Crippen LogP contribution in [0, 0.1) is 17.6 Å². The molecule has 0 aromatic heterocycles. The highest BCUT2D eigenvalue weighted by Gasteiger charge is 2.20. The molecular weight excluding hydrogens is 272 g/mol. The van der Waals surface area contributed by atoms with Gasteiger partial charge in [-0.05, 0) is 24.3 Å². The molecule has 0 aliphatic carbocycles. The fraction of sp³-hybridized carbons (Fsp3) is 0.235. The average molecular weight is 289 g/mol. The Morgan fingerprint density at radius 3 is 2.24 bits per heavy atom. The topological polar surface area (TPSA) is 20.3 Å². The molecular formula is C17H17F2NO. The van der Waals surface area contributed by atoms with E-state index in [0.717, 1.165) is 0 Å². The number of para-hydroxylation sites is 1. The molecule has 2 rings (SSSR count). The summed E-state index contributed by atoms with van der Waals surface area (Å²) in [6.07, 6.45) is 0. The molecule has 4 heteroatoms. The number of carbonyl (C=O) groups excluding carboxylic acids is 1. The van der Waals surface area contributed by atoms with E-state index in [1.807, 2.05) is 0 Å². The number of anilines is 1. The summed E-state index contributed by atoms with van der Waals surface area (Å²) in [4.78, 5) is 13.9. The van der Waals surface area contributed by atoms with Crippen LogP contribution in [0.2, 0.25) is 0 Å². The van der Waals surface area contributed by atoms with Gasteiger partial charge in [-0.15, -0.1) is 0 Å². The highest BCUT2D eigenvalue weighted by Crippen LogP contribution is 2.20. The van der Waals surface area contributed by atoms with Crippen molar-refractivity contribution < 1.29 is 13.6 Å². The van der Waals surface area contributed by atoms with Gasteiger partial charge in [0, 0.05) is 19.5 Å². The van der Waals surface area contributed by atoms with Crippen molar-refractivity contribution in [3.8, 4) is 0 Å². The monoisotopic (exact) mass is 289 g/mol. The van der Waals surface area contributed by atoms with Gasteiger partial charge >= 0.3 is 0 Å². The van der Waals surface area contributed by atoms with Gasteiger partial charge in [-0.1, -0.05) is 31.2 Å². The average Bonchev–Trinajstić information content (AvgIpc) is 2.47. The zero-order chi connectivity index (χ0) is 15.4. The van der Waals surface area contributed by atoms with Crippen molar-refractivity contribution in [1.29, 1.82) is 0 Å². The summed E-state index contributed by atoms with van der Waals surface area (Å²) in [6.45, 7) is 2.03. The zero-order valence-electron chi connectivity index (χ0n) is 12.0. The van der Waals surface area contributed by atoms with E-state index in [2.05, 4.69) is 0 Å². The molecule has 0 fully saturated rings. The van der Waals surface area contributed by atoms with Crippen LogP contribution >= 0.6 is 0 Å². The van der Waals surface area contributed by atoms with Gasteiger partial charge in [0.05, 0.1) is 11.3 Å². The molecule has 0 saturated heterocycles. The number of rotatable bonds is 5. The van der Waals surface area contributed by atoms with E-state index in [1.165, 1.54) is 18.2 Å². The van der Waals surface area contributed by atoms with Crippen LogP contribution < -0.4 is 4.90 Å². The van der Waals surface area contributed by atoms with Crippen molar-refractivity contribution in [2.24, 2.45) is 5.92 Å². The minimum atomic E-state index is -0.525. The second-order valence-electron chi connectivity index (χ2n) is 5.08. The molecule has 0 spiro atoms. The summed E-state index contributed by atoms with van der Waals surface area (Å²) in [5, 5.41) is 0. The molecule has 2 aromatic carbocycles. The van der Waals surface area contributed by atoms with Crippen LogP contribution in [0.5, 0.6) is 0 Å². The van der Waals surface area contributed by atoms with E-state index in [9.17, 15) is 13.6 Å². The minimum Gasteiger partial charge on any atom is -0.372 e. The molecule has 21 heavy (non-hydrogen) atoms. The van der Waals surface area contributed by atoms with Crippen molar-refractivity contribution in [2.75, 3.05) is 18.5 Å². The summed E-state index contributed by atoms with van der Waals surface area (Å²) in [5.74, 6) is -1.59. The van der Waals surface area contributed by atoms with Crippen molar-refractivity contribution in [3.63, 3.8) is 0 Å². The number of ketones is 1. The summed E-state index contributed by atoms with van der Waals surface area (Å²) in [7, 11) is 1.71. The van der Waals surface area contributed by atoms with Crippen molar-refractivity contribution >= 4 is 11.5 Å². The largest absolute Gasteiger partial charge is 0.372 e. The fourth-order valence-electron chi connectivity index (χ4n) is 2.28. The first-order valence-electron chi connectivity index (χ1n) is 6.75. The Balaban J connectivity index is 2.11. The third-order valence-corrected chi connectivity index (χ3v) is 3.40. The Kier molecular flexibility index (Phi) is 4.68. The molecule has 110 valence electrons. The molecule has 0 heterocycles. The minimum absolute atomic E-state index is 0.0759. The third-order valence-electron chi connectivity index (χ3n) is 3.40. The molecule has 0 aliphatic heterocycles. The van der Waals surface area contributed by atoms with Crippen molar-refractivity contribution in [1.82, 2.24) is 0 Å². The van der Waals surface area contributed by atoms with Crippen LogP contribution in [-0.4, -0.2) is 19.4 Å². The molecule has 1 atom stereocenters. The Morgan fingerprint density at radius 2 is 1.62 bits per heavy atom. The van der Waals surface area contributed by atoms with Crippen LogP contribution in [0.4, 0.5) is 14.5 Å². The molecule has 0 radical (unpaired) electrons. The number of Topliss-reactive ketones (excluding diaryl/α,β-unsaturated/α-hetero) is 1. The number of hydrogen-bond acceptors (Lipinski definition) is 2. The second-order valence-corrected chi connectivity index (χ2v) is 5.08. The number of carbonyl (C=O) groups is 1. The molecule has 0 saturated carbocycles. The predicted octanol–water partition coefficient (Wildman–Crippen LogP) is 3.92. The normalized spacial score (nSPS) is 12.0. The maximum atomic E-state index is 13.7. The van der Waals surface area contributed by atoms with E-state index >= 15 is 0 Å². The molecule has 0 N–H and O–H groups in total. The van der Waals surface area contributed by atoms with Gasteiger partial charge in [-0.2, -0.15) is 0 Å². The van der Waals surface area contributed by atoms with Gasteiger partial charge in [0.1, 0.15) is 11.6 Å². The van der Waals surface area contributed by atoms with Gasteiger partial charge < -0.3 is 4.90 Å². The van der Waals surface area contributed by atoms with E-state index in [-0.39, 0.29) is 17.2 Å². The first kappa shape index (κ1) is 15.2. The molecule has 1 unspecified atom stereocenters. The van der Waals surface area contributed by atoms with E-state index in [4.69, 9.17) is 0 Å². The Morgan fingerprint density at radius 1 is 1.05 bits per heavy atom. The maximum absolute atomic E-state index is 13.7. The van der Waals surface area contributed by atoms with Gasteiger partial charge in [0.2, 0.25) is 0 Å². The highest BCUT2D eigenvalue weighted by atomic mass is 19.1. The lowest BCUT2D eigenvalue weighted by Crippen LogP contribution is -2.29. The van der Waals surface area contributed by atoms with Gasteiger partial charge in [-0.25, -0.2) is 8.78 Å². The highest BCUT2D eigenvalue weighted by molar-refractivity contribution is 5.98. The Labute approximate surface area is 123 Å². The molecule has 0 aliphatic rings. The standard InChI is InChI=1S/C17H17F2NO/c1-12(17(21)13-7-3-4-8-14(13)18)11-20(2)16-10-6-5-9-15(16)19/h3-10,12H,11H2,1-2H3. The van der Waals surface area contributed by atoms with Crippen LogP contribution in [0.1, 0.15) is 17.3 Å². The van der Waals surface area contributed by atoms with Crippen LogP contribution in [0.3, 0.4) is 0 Å². The fourth-order valence-corrected chi connectivity index (χ4v) is 2.28. The zero-order valence-corrected chi connectivity index (χ0v) is 12.0. The molecule has 2 aromatic rings. The van der Waals surface area contributed by atoms with Gasteiger partial charge in [-0.3, -0.25) is 4.79 Å². The summed E-state index contributed by atoms with van der Waals surface area (Å²) in [5.41, 5.74) is 0.498. The van der Waals surface area contributed by atoms with E-state index in [0.29, 0.717) is 12.2 Å². The number of hydrogen-bond donors (Lipinski definition) is 0. The lowest BCUT2D eigenvalue weighted by molar-refractivity contribution is 0.0929. The summed E-state index contributed by atoms with van der Waals surface area (Å²) in [6, 6.07) is 12.3. The van der Waals surface area contributed by atoms with Crippen LogP contribution in [0.15, 0.2) is 48.5 Å². The smallest absolute Gasteiger partial charge is 0.170 e. The summed E-state index contributed by atoms with van der Waals surface area (Å²) < 4.78 is 27.3. The molecule has 0 bridgehead atoms. The summed E-state index contributed by atoms with van der Waals surface area (Å²) >= 11 is 0. The lowest BCUT2D eigenvalue weighted by atomic mass is 9.98. The number of halogens is 2. The van der Waals surface area contributed by atoms with Gasteiger partial charge in [0.15, 0.2) is 5.78 Å². The maximum Gasteiger partial charge on any atom is 0.170 e. The molecule has 0 amide bonds. The van der Waals surface area contributed by atoms with Gasteiger partial charge in [0.25, 0.3) is 0 Å². The van der Waals surface area contributed by atoms with E-state index in [1.54, 1.807) is 49.2 Å². The third kappa shape index (κ3) is 3.45. The van der Waals surface area contributed by atoms with Crippen molar-refractivity contribution in [3.05, 3.63) is 65.7 Å².